The summed E-state index contributed by atoms with van der Waals surface area (Å²) >= 11 is 0. The van der Waals surface area contributed by atoms with Gasteiger partial charge in [0.05, 0.1) is 0 Å². The van der Waals surface area contributed by atoms with E-state index in [9.17, 15) is 4.39 Å². The molecule has 0 saturated carbocycles. The number of nitrogens with one attached hydrogen (secondary N) is 1. The summed E-state index contributed by atoms with van der Waals surface area (Å²) < 4.78 is 19.6. The summed E-state index contributed by atoms with van der Waals surface area (Å²) in [5.41, 5.74) is 0.677. The predicted molar refractivity (Wildman–Crippen MR) is 79.7 cm³/mol. The standard InChI is InChI=1S/C16H25FN2O/c1-13(18-2)15-7-6-14(12-16(15)17)20-11-10-19-8-4-3-5-9-19/h6-7,12-13,18H,3-5,8-11H2,1-2H3. The maximum Gasteiger partial charge on any atom is 0.131 e. The van der Waals surface area contributed by atoms with Crippen molar-refractivity contribution in [2.45, 2.75) is 32.2 Å². The van der Waals surface area contributed by atoms with Crippen LogP contribution in [0, 0.1) is 5.82 Å². The topological polar surface area (TPSA) is 24.5 Å². The third-order valence-electron chi connectivity index (χ3n) is 4.00. The smallest absolute Gasteiger partial charge is 0.131 e. The molecule has 3 nitrogen and oxygen atoms in total. The summed E-state index contributed by atoms with van der Waals surface area (Å²) in [6, 6.07) is 5.14. The van der Waals surface area contributed by atoms with E-state index in [1.165, 1.54) is 25.3 Å². The Bertz CT molecular complexity index is 419. The van der Waals surface area contributed by atoms with Crippen molar-refractivity contribution < 1.29 is 9.13 Å². The first-order valence-corrected chi connectivity index (χ1v) is 7.52. The molecular weight excluding hydrogens is 255 g/mol. The Morgan fingerprint density at radius 1 is 1.30 bits per heavy atom. The Hall–Kier alpha value is -1.13. The van der Waals surface area contributed by atoms with Crippen LogP contribution in [0.15, 0.2) is 18.2 Å². The van der Waals surface area contributed by atoms with Crippen LogP contribution in [-0.4, -0.2) is 38.2 Å². The molecule has 1 heterocycles. The lowest BCUT2D eigenvalue weighted by atomic mass is 10.1. The molecule has 1 saturated heterocycles. The Morgan fingerprint density at radius 3 is 2.70 bits per heavy atom. The van der Waals surface area contributed by atoms with Gasteiger partial charge >= 0.3 is 0 Å². The van der Waals surface area contributed by atoms with E-state index in [1.807, 2.05) is 20.0 Å². The zero-order valence-corrected chi connectivity index (χ0v) is 12.5. The van der Waals surface area contributed by atoms with Crippen molar-refractivity contribution in [1.82, 2.24) is 10.2 Å². The van der Waals surface area contributed by atoms with E-state index in [0.29, 0.717) is 17.9 Å². The molecule has 1 aliphatic heterocycles. The second kappa shape index (κ2) is 7.60. The molecule has 0 radical (unpaired) electrons. The number of halogens is 1. The van der Waals surface area contributed by atoms with E-state index in [2.05, 4.69) is 10.2 Å². The molecule has 1 N–H and O–H groups in total. The van der Waals surface area contributed by atoms with Crippen LogP contribution in [0.1, 0.15) is 37.8 Å². The highest BCUT2D eigenvalue weighted by molar-refractivity contribution is 5.30. The van der Waals surface area contributed by atoms with Gasteiger partial charge in [0, 0.05) is 24.2 Å². The van der Waals surface area contributed by atoms with Gasteiger partial charge in [-0.15, -0.1) is 0 Å². The molecule has 0 spiro atoms. The monoisotopic (exact) mass is 280 g/mol. The van der Waals surface area contributed by atoms with E-state index in [0.717, 1.165) is 19.6 Å². The molecular formula is C16H25FN2O. The normalized spacial score (nSPS) is 17.9. The van der Waals surface area contributed by atoms with Gasteiger partial charge in [0.25, 0.3) is 0 Å². The van der Waals surface area contributed by atoms with Crippen molar-refractivity contribution >= 4 is 0 Å². The predicted octanol–water partition coefficient (Wildman–Crippen LogP) is 2.97. The minimum absolute atomic E-state index is 0.0115. The van der Waals surface area contributed by atoms with Gasteiger partial charge in [-0.2, -0.15) is 0 Å². The third-order valence-corrected chi connectivity index (χ3v) is 4.00. The fourth-order valence-electron chi connectivity index (χ4n) is 2.58. The second-order valence-electron chi connectivity index (χ2n) is 5.44. The highest BCUT2D eigenvalue weighted by Gasteiger charge is 2.11. The van der Waals surface area contributed by atoms with E-state index in [4.69, 9.17) is 4.74 Å². The van der Waals surface area contributed by atoms with Gasteiger partial charge in [0.2, 0.25) is 0 Å². The Balaban J connectivity index is 1.82. The summed E-state index contributed by atoms with van der Waals surface area (Å²) in [6.07, 6.45) is 3.91. The van der Waals surface area contributed by atoms with Crippen molar-refractivity contribution in [3.8, 4) is 5.75 Å². The molecule has 0 bridgehead atoms. The van der Waals surface area contributed by atoms with Crippen molar-refractivity contribution in [1.29, 1.82) is 0 Å². The van der Waals surface area contributed by atoms with Crippen LogP contribution in [0.5, 0.6) is 5.75 Å². The van der Waals surface area contributed by atoms with Crippen LogP contribution in [0.2, 0.25) is 0 Å². The quantitative estimate of drug-likeness (QED) is 0.867. The van der Waals surface area contributed by atoms with Gasteiger partial charge in [-0.3, -0.25) is 4.90 Å². The van der Waals surface area contributed by atoms with Crippen LogP contribution in [0.25, 0.3) is 0 Å². The summed E-state index contributed by atoms with van der Waals surface area (Å²) in [5.74, 6) is 0.411. The SMILES string of the molecule is CNC(C)c1ccc(OCCN2CCCCC2)cc1F. The van der Waals surface area contributed by atoms with Crippen LogP contribution < -0.4 is 10.1 Å². The average molecular weight is 280 g/mol. The number of rotatable bonds is 6. The molecule has 4 heteroatoms. The molecule has 1 unspecified atom stereocenters. The first-order valence-electron chi connectivity index (χ1n) is 7.52. The molecule has 0 aliphatic carbocycles. The maximum atomic E-state index is 13.9. The molecule has 0 amide bonds. The molecule has 1 aromatic rings. The lowest BCUT2D eigenvalue weighted by Gasteiger charge is -2.26. The number of hydrogen-bond acceptors (Lipinski definition) is 3. The molecule has 0 aromatic heterocycles. The number of benzene rings is 1. The van der Waals surface area contributed by atoms with Crippen LogP contribution in [-0.2, 0) is 0 Å². The lowest BCUT2D eigenvalue weighted by Crippen LogP contribution is -2.33. The number of nitrogens with zero attached hydrogens (tertiary/aromatic N) is 1. The zero-order chi connectivity index (χ0) is 14.4. The van der Waals surface area contributed by atoms with Crippen LogP contribution in [0.3, 0.4) is 0 Å². The second-order valence-corrected chi connectivity index (χ2v) is 5.44. The fraction of sp³-hybridized carbons (Fsp3) is 0.625. The van der Waals surface area contributed by atoms with Gasteiger partial charge in [-0.25, -0.2) is 4.39 Å². The third kappa shape index (κ3) is 4.18. The number of piperidine rings is 1. The van der Waals surface area contributed by atoms with Crippen molar-refractivity contribution in [2.24, 2.45) is 0 Å². The van der Waals surface area contributed by atoms with E-state index in [1.54, 1.807) is 6.07 Å². The van der Waals surface area contributed by atoms with Gasteiger partial charge in [-0.1, -0.05) is 12.5 Å². The Morgan fingerprint density at radius 2 is 2.05 bits per heavy atom. The van der Waals surface area contributed by atoms with Crippen LogP contribution in [0.4, 0.5) is 4.39 Å². The van der Waals surface area contributed by atoms with E-state index in [-0.39, 0.29) is 11.9 Å². The highest BCUT2D eigenvalue weighted by Crippen LogP contribution is 2.21. The summed E-state index contributed by atoms with van der Waals surface area (Å²) in [7, 11) is 1.83. The molecule has 1 fully saturated rings. The van der Waals surface area contributed by atoms with Crippen molar-refractivity contribution in [3.63, 3.8) is 0 Å². The molecule has 112 valence electrons. The molecule has 20 heavy (non-hydrogen) atoms. The van der Waals surface area contributed by atoms with Gasteiger partial charge < -0.3 is 10.1 Å². The molecule has 1 aromatic carbocycles. The lowest BCUT2D eigenvalue weighted by molar-refractivity contribution is 0.183. The van der Waals surface area contributed by atoms with E-state index < -0.39 is 0 Å². The molecule has 1 atom stereocenters. The fourth-order valence-corrected chi connectivity index (χ4v) is 2.58. The highest BCUT2D eigenvalue weighted by atomic mass is 19.1. The first-order chi connectivity index (χ1) is 9.70. The van der Waals surface area contributed by atoms with Gasteiger partial charge in [-0.05, 0) is 46.0 Å². The largest absolute Gasteiger partial charge is 0.492 e. The van der Waals surface area contributed by atoms with Crippen molar-refractivity contribution in [3.05, 3.63) is 29.6 Å². The maximum absolute atomic E-state index is 13.9. The first kappa shape index (κ1) is 15.3. The molecule has 1 aliphatic rings. The summed E-state index contributed by atoms with van der Waals surface area (Å²) in [6.45, 7) is 5.82. The number of hydrogen-bond donors (Lipinski definition) is 1. The minimum Gasteiger partial charge on any atom is -0.492 e. The number of likely N-dealkylation sites (tertiary alicyclic amines) is 1. The minimum atomic E-state index is -0.206. The van der Waals surface area contributed by atoms with Gasteiger partial charge in [0.1, 0.15) is 18.2 Å². The van der Waals surface area contributed by atoms with Gasteiger partial charge in [0.15, 0.2) is 0 Å². The van der Waals surface area contributed by atoms with E-state index >= 15 is 0 Å². The Kier molecular flexibility index (Phi) is 5.80. The molecule has 2 rings (SSSR count). The van der Waals surface area contributed by atoms with Crippen LogP contribution >= 0.6 is 0 Å². The summed E-state index contributed by atoms with van der Waals surface area (Å²) in [4.78, 5) is 2.41. The van der Waals surface area contributed by atoms with Crippen molar-refractivity contribution in [2.75, 3.05) is 33.3 Å². The Labute approximate surface area is 121 Å². The zero-order valence-electron chi connectivity index (χ0n) is 12.5. The number of ether oxygens (including phenoxy) is 1. The average Bonchev–Trinajstić information content (AvgIpc) is 2.48. The summed E-state index contributed by atoms with van der Waals surface area (Å²) in [5, 5.41) is 3.04.